The molecule has 0 saturated heterocycles. The molecule has 0 rings (SSSR count). The quantitative estimate of drug-likeness (QED) is 0.653. The zero-order chi connectivity index (χ0) is 10.4. The van der Waals surface area contributed by atoms with Gasteiger partial charge in [0.2, 0.25) is 0 Å². The number of amides is 3. The smallest absolute Gasteiger partial charge is 0.417 e. The molecule has 0 spiro atoms. The van der Waals surface area contributed by atoms with Crippen LogP contribution in [-0.4, -0.2) is 49.2 Å². The Morgan fingerprint density at radius 3 is 2.00 bits per heavy atom. The maximum Gasteiger partial charge on any atom is 0.417 e. The van der Waals surface area contributed by atoms with Crippen molar-refractivity contribution >= 4 is 12.1 Å². The third-order valence-electron chi connectivity index (χ3n) is 1.77. The van der Waals surface area contributed by atoms with Gasteiger partial charge in [0.25, 0.3) is 0 Å². The molecule has 0 aliphatic carbocycles. The fourth-order valence-corrected chi connectivity index (χ4v) is 0.921. The minimum atomic E-state index is -0.642. The third kappa shape index (κ3) is 2.93. The summed E-state index contributed by atoms with van der Waals surface area (Å²) < 4.78 is 4.41. The normalized spacial score (nSPS) is 9.23. The summed E-state index contributed by atoms with van der Waals surface area (Å²) in [4.78, 5) is 24.9. The highest BCUT2D eigenvalue weighted by molar-refractivity contribution is 5.90. The first-order chi connectivity index (χ1) is 6.08. The van der Waals surface area contributed by atoms with E-state index in [0.29, 0.717) is 13.1 Å². The van der Waals surface area contributed by atoms with Gasteiger partial charge in [-0.05, 0) is 13.8 Å². The van der Waals surface area contributed by atoms with Gasteiger partial charge in [0.15, 0.2) is 0 Å². The van der Waals surface area contributed by atoms with Crippen molar-refractivity contribution in [1.82, 2.24) is 9.80 Å². The van der Waals surface area contributed by atoms with Gasteiger partial charge in [-0.1, -0.05) is 0 Å². The number of nitrogens with zero attached hydrogens (tertiary/aromatic N) is 2. The van der Waals surface area contributed by atoms with Gasteiger partial charge in [0.05, 0.1) is 7.11 Å². The zero-order valence-corrected chi connectivity index (χ0v) is 8.53. The van der Waals surface area contributed by atoms with Crippen LogP contribution in [0.15, 0.2) is 0 Å². The van der Waals surface area contributed by atoms with E-state index in [-0.39, 0.29) is 6.03 Å². The molecule has 0 bridgehead atoms. The van der Waals surface area contributed by atoms with E-state index in [4.69, 9.17) is 0 Å². The fourth-order valence-electron chi connectivity index (χ4n) is 0.921. The highest BCUT2D eigenvalue weighted by Gasteiger charge is 2.20. The maximum atomic E-state index is 11.5. The Morgan fingerprint density at radius 2 is 1.69 bits per heavy atom. The lowest BCUT2D eigenvalue weighted by Crippen LogP contribution is -2.43. The number of carbonyl (C=O) groups excluding carboxylic acids is 2. The molecule has 0 aliphatic rings. The summed E-state index contributed by atoms with van der Waals surface area (Å²) in [5.74, 6) is 0. The van der Waals surface area contributed by atoms with Gasteiger partial charge >= 0.3 is 12.1 Å². The number of hydrogen-bond acceptors (Lipinski definition) is 3. The fraction of sp³-hybridized carbons (Fsp3) is 0.750. The van der Waals surface area contributed by atoms with Crippen LogP contribution in [0.5, 0.6) is 0 Å². The second-order valence-corrected chi connectivity index (χ2v) is 2.48. The van der Waals surface area contributed by atoms with E-state index in [1.807, 2.05) is 13.8 Å². The van der Waals surface area contributed by atoms with Crippen LogP contribution >= 0.6 is 0 Å². The number of methoxy groups -OCH3 is 1. The van der Waals surface area contributed by atoms with Gasteiger partial charge < -0.3 is 9.64 Å². The number of hydrogen-bond donors (Lipinski definition) is 0. The minimum Gasteiger partial charge on any atom is -0.452 e. The summed E-state index contributed by atoms with van der Waals surface area (Å²) in [5.41, 5.74) is 0. The van der Waals surface area contributed by atoms with Crippen molar-refractivity contribution in [3.05, 3.63) is 0 Å². The summed E-state index contributed by atoms with van der Waals surface area (Å²) in [6.07, 6.45) is -0.642. The highest BCUT2D eigenvalue weighted by atomic mass is 16.5. The molecule has 5 heteroatoms. The molecular weight excluding hydrogens is 172 g/mol. The molecule has 0 N–H and O–H groups in total. The van der Waals surface area contributed by atoms with Crippen LogP contribution in [0.1, 0.15) is 13.8 Å². The van der Waals surface area contributed by atoms with Crippen molar-refractivity contribution in [2.24, 2.45) is 0 Å². The van der Waals surface area contributed by atoms with Gasteiger partial charge in [0, 0.05) is 20.1 Å². The van der Waals surface area contributed by atoms with E-state index < -0.39 is 6.09 Å². The topological polar surface area (TPSA) is 49.9 Å². The second-order valence-electron chi connectivity index (χ2n) is 2.48. The van der Waals surface area contributed by atoms with Crippen LogP contribution in [-0.2, 0) is 4.74 Å². The largest absolute Gasteiger partial charge is 0.452 e. The van der Waals surface area contributed by atoms with E-state index in [2.05, 4.69) is 4.74 Å². The number of rotatable bonds is 2. The van der Waals surface area contributed by atoms with Gasteiger partial charge in [0.1, 0.15) is 0 Å². The molecular formula is C8H16N2O3. The molecule has 0 heterocycles. The Bertz CT molecular complexity index is 190. The Balaban J connectivity index is 4.31. The molecule has 0 radical (unpaired) electrons. The van der Waals surface area contributed by atoms with E-state index >= 15 is 0 Å². The van der Waals surface area contributed by atoms with Gasteiger partial charge in [-0.25, -0.2) is 14.5 Å². The minimum absolute atomic E-state index is 0.336. The SMILES string of the molecule is CCN(CC)C(=O)N(C)C(=O)OC. The molecule has 76 valence electrons. The molecule has 0 aromatic heterocycles. The van der Waals surface area contributed by atoms with E-state index in [1.54, 1.807) is 0 Å². The lowest BCUT2D eigenvalue weighted by atomic mass is 10.5. The van der Waals surface area contributed by atoms with Crippen LogP contribution in [0.4, 0.5) is 9.59 Å². The summed E-state index contributed by atoms with van der Waals surface area (Å²) in [7, 11) is 2.64. The van der Waals surface area contributed by atoms with Gasteiger partial charge in [-0.2, -0.15) is 0 Å². The molecule has 3 amide bonds. The first-order valence-corrected chi connectivity index (χ1v) is 4.19. The molecule has 0 aromatic carbocycles. The van der Waals surface area contributed by atoms with Crippen molar-refractivity contribution < 1.29 is 14.3 Å². The molecule has 0 atom stereocenters. The highest BCUT2D eigenvalue weighted by Crippen LogP contribution is 1.98. The van der Waals surface area contributed by atoms with Crippen molar-refractivity contribution in [2.45, 2.75) is 13.8 Å². The van der Waals surface area contributed by atoms with Crippen LogP contribution < -0.4 is 0 Å². The van der Waals surface area contributed by atoms with Crippen LogP contribution in [0, 0.1) is 0 Å². The lowest BCUT2D eigenvalue weighted by Gasteiger charge is -2.23. The Morgan fingerprint density at radius 1 is 1.23 bits per heavy atom. The summed E-state index contributed by atoms with van der Waals surface area (Å²) in [6, 6.07) is -0.336. The van der Waals surface area contributed by atoms with Crippen LogP contribution in [0.3, 0.4) is 0 Å². The standard InChI is InChI=1S/C8H16N2O3/c1-5-10(6-2)7(11)9(3)8(12)13-4/h5-6H2,1-4H3. The monoisotopic (exact) mass is 188 g/mol. The van der Waals surface area contributed by atoms with Crippen molar-refractivity contribution in [3.63, 3.8) is 0 Å². The third-order valence-corrected chi connectivity index (χ3v) is 1.77. The van der Waals surface area contributed by atoms with Crippen molar-refractivity contribution in [1.29, 1.82) is 0 Å². The van der Waals surface area contributed by atoms with Crippen molar-refractivity contribution in [3.8, 4) is 0 Å². The van der Waals surface area contributed by atoms with Crippen LogP contribution in [0.25, 0.3) is 0 Å². The van der Waals surface area contributed by atoms with E-state index in [1.165, 1.54) is 19.1 Å². The van der Waals surface area contributed by atoms with Gasteiger partial charge in [-0.3, -0.25) is 0 Å². The molecule has 0 aromatic rings. The first kappa shape index (κ1) is 11.7. The molecule has 13 heavy (non-hydrogen) atoms. The van der Waals surface area contributed by atoms with E-state index in [9.17, 15) is 9.59 Å². The van der Waals surface area contributed by atoms with E-state index in [0.717, 1.165) is 4.90 Å². The molecule has 0 unspecified atom stereocenters. The summed E-state index contributed by atoms with van der Waals surface area (Å²) >= 11 is 0. The lowest BCUT2D eigenvalue weighted by molar-refractivity contribution is 0.124. The molecule has 0 fully saturated rings. The second kappa shape index (κ2) is 5.40. The number of ether oxygens (including phenoxy) is 1. The zero-order valence-electron chi connectivity index (χ0n) is 8.53. The Kier molecular flexibility index (Phi) is 4.87. The predicted octanol–water partition coefficient (Wildman–Crippen LogP) is 1.15. The maximum absolute atomic E-state index is 11.5. The predicted molar refractivity (Wildman–Crippen MR) is 48.5 cm³/mol. The average molecular weight is 188 g/mol. The number of imide groups is 1. The van der Waals surface area contributed by atoms with Crippen molar-refractivity contribution in [2.75, 3.05) is 27.2 Å². The molecule has 5 nitrogen and oxygen atoms in total. The Labute approximate surface area is 78.3 Å². The first-order valence-electron chi connectivity index (χ1n) is 4.19. The van der Waals surface area contributed by atoms with Crippen LogP contribution in [0.2, 0.25) is 0 Å². The van der Waals surface area contributed by atoms with Gasteiger partial charge in [-0.15, -0.1) is 0 Å². The average Bonchev–Trinajstić information content (AvgIpc) is 2.17. The molecule has 0 aliphatic heterocycles. The summed E-state index contributed by atoms with van der Waals surface area (Å²) in [5, 5.41) is 0. The number of urea groups is 1. The molecule has 0 saturated carbocycles. The summed E-state index contributed by atoms with van der Waals surface area (Å²) in [6.45, 7) is 4.87. The number of carbonyl (C=O) groups is 2. The Hall–Kier alpha value is -1.26.